The SMILES string of the molecule is CC1CCN(CCCNC(=O)/C=C/C(=O)O)CC1. The molecule has 0 bridgehead atoms. The van der Waals surface area contributed by atoms with Gasteiger partial charge in [0.05, 0.1) is 0 Å². The molecule has 0 aromatic rings. The minimum absolute atomic E-state index is 0.343. The maximum absolute atomic E-state index is 11.2. The first-order valence-corrected chi connectivity index (χ1v) is 6.49. The van der Waals surface area contributed by atoms with Crippen LogP contribution in [0.15, 0.2) is 12.2 Å². The van der Waals surface area contributed by atoms with Crippen LogP contribution in [0.2, 0.25) is 0 Å². The largest absolute Gasteiger partial charge is 0.478 e. The van der Waals surface area contributed by atoms with E-state index in [1.165, 1.54) is 12.8 Å². The van der Waals surface area contributed by atoms with Crippen molar-refractivity contribution >= 4 is 11.9 Å². The van der Waals surface area contributed by atoms with Crippen LogP contribution in [0.1, 0.15) is 26.2 Å². The van der Waals surface area contributed by atoms with Gasteiger partial charge in [0.15, 0.2) is 0 Å². The molecule has 0 aromatic heterocycles. The minimum atomic E-state index is -1.10. The molecule has 5 heteroatoms. The fourth-order valence-electron chi connectivity index (χ4n) is 2.01. The highest BCUT2D eigenvalue weighted by molar-refractivity contribution is 5.93. The highest BCUT2D eigenvalue weighted by atomic mass is 16.4. The maximum atomic E-state index is 11.2. The van der Waals surface area contributed by atoms with Gasteiger partial charge in [-0.3, -0.25) is 4.79 Å². The Balaban J connectivity index is 2.04. The van der Waals surface area contributed by atoms with Gasteiger partial charge in [-0.25, -0.2) is 4.79 Å². The summed E-state index contributed by atoms with van der Waals surface area (Å²) < 4.78 is 0. The number of nitrogens with one attached hydrogen (secondary N) is 1. The lowest BCUT2D eigenvalue weighted by molar-refractivity contribution is -0.131. The molecule has 18 heavy (non-hydrogen) atoms. The van der Waals surface area contributed by atoms with E-state index in [9.17, 15) is 9.59 Å². The van der Waals surface area contributed by atoms with Gasteiger partial charge in [0, 0.05) is 18.7 Å². The number of carbonyl (C=O) groups excluding carboxylic acids is 1. The Morgan fingerprint density at radius 1 is 1.33 bits per heavy atom. The second kappa shape index (κ2) is 7.87. The van der Waals surface area contributed by atoms with E-state index in [0.717, 1.165) is 44.1 Å². The van der Waals surface area contributed by atoms with Crippen molar-refractivity contribution in [1.82, 2.24) is 10.2 Å². The summed E-state index contributed by atoms with van der Waals surface area (Å²) in [6.45, 7) is 6.17. The first-order chi connectivity index (χ1) is 8.58. The summed E-state index contributed by atoms with van der Waals surface area (Å²) in [6.07, 6.45) is 5.31. The number of aliphatic carboxylic acids is 1. The zero-order valence-electron chi connectivity index (χ0n) is 10.9. The van der Waals surface area contributed by atoms with Crippen LogP contribution in [0.4, 0.5) is 0 Å². The average molecular weight is 254 g/mol. The number of carbonyl (C=O) groups is 2. The summed E-state index contributed by atoms with van der Waals surface area (Å²) in [5.41, 5.74) is 0. The summed E-state index contributed by atoms with van der Waals surface area (Å²) in [4.78, 5) is 23.8. The Labute approximate surface area is 108 Å². The van der Waals surface area contributed by atoms with Gasteiger partial charge in [0.1, 0.15) is 0 Å². The number of carboxylic acids is 1. The zero-order chi connectivity index (χ0) is 13.4. The highest BCUT2D eigenvalue weighted by Gasteiger charge is 2.14. The van der Waals surface area contributed by atoms with E-state index in [0.29, 0.717) is 6.54 Å². The average Bonchev–Trinajstić information content (AvgIpc) is 2.34. The van der Waals surface area contributed by atoms with E-state index in [4.69, 9.17) is 5.11 Å². The van der Waals surface area contributed by atoms with Crippen LogP contribution in [-0.2, 0) is 9.59 Å². The molecule has 0 aliphatic carbocycles. The third-order valence-electron chi connectivity index (χ3n) is 3.20. The molecule has 1 aliphatic rings. The summed E-state index contributed by atoms with van der Waals surface area (Å²) in [5.74, 6) is -0.612. The van der Waals surface area contributed by atoms with E-state index >= 15 is 0 Å². The molecule has 1 fully saturated rings. The number of rotatable bonds is 6. The van der Waals surface area contributed by atoms with E-state index in [-0.39, 0.29) is 5.91 Å². The van der Waals surface area contributed by atoms with Gasteiger partial charge in [0.25, 0.3) is 0 Å². The molecular weight excluding hydrogens is 232 g/mol. The third kappa shape index (κ3) is 6.39. The van der Waals surface area contributed by atoms with Crippen molar-refractivity contribution in [2.24, 2.45) is 5.92 Å². The summed E-state index contributed by atoms with van der Waals surface area (Å²) in [7, 11) is 0. The molecule has 0 atom stereocenters. The van der Waals surface area contributed by atoms with Crippen LogP contribution >= 0.6 is 0 Å². The van der Waals surface area contributed by atoms with Crippen molar-refractivity contribution in [2.45, 2.75) is 26.2 Å². The molecule has 102 valence electrons. The second-order valence-corrected chi connectivity index (χ2v) is 4.84. The Morgan fingerprint density at radius 3 is 2.61 bits per heavy atom. The molecule has 0 saturated carbocycles. The Hall–Kier alpha value is -1.36. The lowest BCUT2D eigenvalue weighted by Crippen LogP contribution is -2.35. The van der Waals surface area contributed by atoms with E-state index < -0.39 is 5.97 Å². The molecule has 0 radical (unpaired) electrons. The van der Waals surface area contributed by atoms with Crippen LogP contribution in [0, 0.1) is 5.92 Å². The van der Waals surface area contributed by atoms with Gasteiger partial charge in [-0.05, 0) is 44.8 Å². The number of amides is 1. The van der Waals surface area contributed by atoms with Crippen LogP contribution in [0.25, 0.3) is 0 Å². The predicted octanol–water partition coefficient (Wildman–Crippen LogP) is 0.865. The molecule has 0 spiro atoms. The van der Waals surface area contributed by atoms with Gasteiger partial charge < -0.3 is 15.3 Å². The van der Waals surface area contributed by atoms with Crippen LogP contribution in [-0.4, -0.2) is 48.1 Å². The first kappa shape index (κ1) is 14.7. The number of carboxylic acid groups (broad SMARTS) is 1. The van der Waals surface area contributed by atoms with Gasteiger partial charge in [-0.1, -0.05) is 6.92 Å². The monoisotopic (exact) mass is 254 g/mol. The number of nitrogens with zero attached hydrogens (tertiary/aromatic N) is 1. The van der Waals surface area contributed by atoms with Crippen LogP contribution in [0.5, 0.6) is 0 Å². The van der Waals surface area contributed by atoms with Crippen molar-refractivity contribution in [1.29, 1.82) is 0 Å². The Bertz CT molecular complexity index is 307. The molecule has 0 aromatic carbocycles. The molecule has 2 N–H and O–H groups in total. The van der Waals surface area contributed by atoms with Crippen molar-refractivity contribution in [3.05, 3.63) is 12.2 Å². The minimum Gasteiger partial charge on any atom is -0.478 e. The molecule has 0 unspecified atom stereocenters. The van der Waals surface area contributed by atoms with Crippen LogP contribution in [0.3, 0.4) is 0 Å². The van der Waals surface area contributed by atoms with Crippen LogP contribution < -0.4 is 5.32 Å². The summed E-state index contributed by atoms with van der Waals surface area (Å²) in [5, 5.41) is 11.0. The molecule has 1 rings (SSSR count). The summed E-state index contributed by atoms with van der Waals surface area (Å²) in [6, 6.07) is 0. The number of likely N-dealkylation sites (tertiary alicyclic amines) is 1. The molecule has 5 nitrogen and oxygen atoms in total. The fourth-order valence-corrected chi connectivity index (χ4v) is 2.01. The first-order valence-electron chi connectivity index (χ1n) is 6.49. The van der Waals surface area contributed by atoms with E-state index in [1.54, 1.807) is 0 Å². The molecule has 1 heterocycles. The molecule has 1 saturated heterocycles. The van der Waals surface area contributed by atoms with E-state index in [1.807, 2.05) is 0 Å². The predicted molar refractivity (Wildman–Crippen MR) is 69.2 cm³/mol. The maximum Gasteiger partial charge on any atom is 0.328 e. The van der Waals surface area contributed by atoms with E-state index in [2.05, 4.69) is 17.1 Å². The van der Waals surface area contributed by atoms with Crippen molar-refractivity contribution in [3.63, 3.8) is 0 Å². The topological polar surface area (TPSA) is 69.6 Å². The molecular formula is C13H22N2O3. The Morgan fingerprint density at radius 2 is 2.00 bits per heavy atom. The summed E-state index contributed by atoms with van der Waals surface area (Å²) >= 11 is 0. The van der Waals surface area contributed by atoms with Crippen molar-refractivity contribution in [3.8, 4) is 0 Å². The normalized spacial score (nSPS) is 18.1. The number of hydrogen-bond donors (Lipinski definition) is 2. The van der Waals surface area contributed by atoms with Gasteiger partial charge >= 0.3 is 5.97 Å². The quantitative estimate of drug-likeness (QED) is 0.545. The lowest BCUT2D eigenvalue weighted by Gasteiger charge is -2.30. The molecule has 1 aliphatic heterocycles. The zero-order valence-corrected chi connectivity index (χ0v) is 10.9. The highest BCUT2D eigenvalue weighted by Crippen LogP contribution is 2.15. The van der Waals surface area contributed by atoms with Gasteiger partial charge in [-0.15, -0.1) is 0 Å². The van der Waals surface area contributed by atoms with Gasteiger partial charge in [-0.2, -0.15) is 0 Å². The third-order valence-corrected chi connectivity index (χ3v) is 3.20. The van der Waals surface area contributed by atoms with Crippen molar-refractivity contribution < 1.29 is 14.7 Å². The molecule has 1 amide bonds. The number of hydrogen-bond acceptors (Lipinski definition) is 3. The lowest BCUT2D eigenvalue weighted by atomic mass is 9.99. The smallest absolute Gasteiger partial charge is 0.328 e. The van der Waals surface area contributed by atoms with Crippen molar-refractivity contribution in [2.75, 3.05) is 26.2 Å². The Kier molecular flexibility index (Phi) is 6.43. The second-order valence-electron chi connectivity index (χ2n) is 4.84. The van der Waals surface area contributed by atoms with Gasteiger partial charge in [0.2, 0.25) is 5.91 Å². The fraction of sp³-hybridized carbons (Fsp3) is 0.692. The number of piperidine rings is 1. The standard InChI is InChI=1S/C13H22N2O3/c1-11-5-9-15(10-6-11)8-2-7-14-12(16)3-4-13(17)18/h3-4,11H,2,5-10H2,1H3,(H,14,16)(H,17,18)/b4-3+.